The van der Waals surface area contributed by atoms with Gasteiger partial charge in [0, 0.05) is 19.5 Å². The van der Waals surface area contributed by atoms with Gasteiger partial charge in [-0.05, 0) is 56.0 Å². The van der Waals surface area contributed by atoms with Crippen LogP contribution in [0.15, 0.2) is 53.6 Å². The number of hydrogen-bond acceptors (Lipinski definition) is 4. The highest BCUT2D eigenvalue weighted by atomic mass is 32.2. The Labute approximate surface area is 189 Å². The van der Waals surface area contributed by atoms with E-state index in [2.05, 4.69) is 62.9 Å². The summed E-state index contributed by atoms with van der Waals surface area (Å²) < 4.78 is 0.766. The fourth-order valence-electron chi connectivity index (χ4n) is 3.53. The number of amides is 1. The van der Waals surface area contributed by atoms with E-state index in [0.29, 0.717) is 12.2 Å². The minimum atomic E-state index is -0.0852. The second-order valence-corrected chi connectivity index (χ2v) is 9.05. The zero-order valence-electron chi connectivity index (χ0n) is 18.1. The van der Waals surface area contributed by atoms with E-state index in [-0.39, 0.29) is 11.9 Å². The summed E-state index contributed by atoms with van der Waals surface area (Å²) in [5.74, 6) is 0.282. The van der Waals surface area contributed by atoms with Gasteiger partial charge in [-0.15, -0.1) is 0 Å². The molecular weight excluding hydrogens is 410 g/mol. The van der Waals surface area contributed by atoms with Gasteiger partial charge in [-0.2, -0.15) is 5.10 Å². The molecule has 1 amide bonds. The third kappa shape index (κ3) is 5.10. The molecular formula is C24H29N3OS2. The van der Waals surface area contributed by atoms with Crippen molar-refractivity contribution in [3.8, 4) is 0 Å². The molecule has 2 aromatic carbocycles. The second kappa shape index (κ2) is 10.2. The lowest BCUT2D eigenvalue weighted by Gasteiger charge is -2.24. The van der Waals surface area contributed by atoms with Gasteiger partial charge < -0.3 is 4.90 Å². The maximum absolute atomic E-state index is 13.2. The molecule has 1 heterocycles. The summed E-state index contributed by atoms with van der Waals surface area (Å²) >= 11 is 6.92. The summed E-state index contributed by atoms with van der Waals surface area (Å²) in [5.41, 5.74) is 5.63. The number of nitrogens with zero attached hydrogens (tertiary/aromatic N) is 3. The average molecular weight is 440 g/mol. The van der Waals surface area contributed by atoms with Crippen LogP contribution in [-0.4, -0.2) is 44.7 Å². The SMILES string of the molecule is CCN(CC)C(=S)SCC(=O)N1N=C(c2ccc(C)c(C)c2)C[C@H]1c1ccccc1. The van der Waals surface area contributed by atoms with Gasteiger partial charge in [-0.25, -0.2) is 5.01 Å². The van der Waals surface area contributed by atoms with Crippen molar-refractivity contribution in [3.63, 3.8) is 0 Å². The van der Waals surface area contributed by atoms with E-state index in [0.717, 1.165) is 34.2 Å². The van der Waals surface area contributed by atoms with Gasteiger partial charge in [0.05, 0.1) is 17.5 Å². The van der Waals surface area contributed by atoms with Crippen molar-refractivity contribution < 1.29 is 4.79 Å². The molecule has 0 aromatic heterocycles. The van der Waals surface area contributed by atoms with E-state index in [4.69, 9.17) is 17.3 Å². The molecule has 1 atom stereocenters. The lowest BCUT2D eigenvalue weighted by molar-refractivity contribution is -0.130. The Bertz CT molecular complexity index is 939. The highest BCUT2D eigenvalue weighted by molar-refractivity contribution is 8.23. The highest BCUT2D eigenvalue weighted by Crippen LogP contribution is 2.33. The van der Waals surface area contributed by atoms with E-state index >= 15 is 0 Å². The Hall–Kier alpha value is -2.18. The van der Waals surface area contributed by atoms with Crippen LogP contribution >= 0.6 is 24.0 Å². The molecule has 0 saturated heterocycles. The normalized spacial score (nSPS) is 15.8. The lowest BCUT2D eigenvalue weighted by Crippen LogP contribution is -2.31. The fourth-order valence-corrected chi connectivity index (χ4v) is 4.79. The molecule has 30 heavy (non-hydrogen) atoms. The molecule has 0 radical (unpaired) electrons. The molecule has 1 aliphatic rings. The third-order valence-corrected chi connectivity index (χ3v) is 7.04. The predicted octanol–water partition coefficient (Wildman–Crippen LogP) is 5.34. The molecule has 0 fully saturated rings. The Morgan fingerprint density at radius 1 is 1.13 bits per heavy atom. The topological polar surface area (TPSA) is 35.9 Å². The number of hydrogen-bond donors (Lipinski definition) is 0. The molecule has 0 saturated carbocycles. The number of aryl methyl sites for hydroxylation is 2. The summed E-state index contributed by atoms with van der Waals surface area (Å²) in [6.45, 7) is 10.1. The van der Waals surface area contributed by atoms with Crippen LogP contribution in [0.1, 0.15) is 48.6 Å². The minimum Gasteiger partial charge on any atom is -0.358 e. The molecule has 0 aliphatic carbocycles. The van der Waals surface area contributed by atoms with Crippen LogP contribution in [0.2, 0.25) is 0 Å². The van der Waals surface area contributed by atoms with E-state index in [1.807, 2.05) is 18.2 Å². The number of thiocarbonyl (C=S) groups is 1. The highest BCUT2D eigenvalue weighted by Gasteiger charge is 2.33. The van der Waals surface area contributed by atoms with Gasteiger partial charge in [-0.1, -0.05) is 66.4 Å². The lowest BCUT2D eigenvalue weighted by atomic mass is 9.96. The van der Waals surface area contributed by atoms with Gasteiger partial charge in [0.2, 0.25) is 0 Å². The van der Waals surface area contributed by atoms with Crippen LogP contribution < -0.4 is 0 Å². The molecule has 2 aromatic rings. The summed E-state index contributed by atoms with van der Waals surface area (Å²) in [6, 6.07) is 16.4. The number of rotatable bonds is 6. The van der Waals surface area contributed by atoms with Crippen molar-refractivity contribution >= 4 is 39.9 Å². The van der Waals surface area contributed by atoms with E-state index in [1.54, 1.807) is 5.01 Å². The van der Waals surface area contributed by atoms with Crippen LogP contribution in [-0.2, 0) is 4.79 Å². The van der Waals surface area contributed by atoms with Gasteiger partial charge in [0.1, 0.15) is 4.32 Å². The van der Waals surface area contributed by atoms with Crippen molar-refractivity contribution in [2.24, 2.45) is 5.10 Å². The maximum Gasteiger partial charge on any atom is 0.253 e. The molecule has 0 spiro atoms. The third-order valence-electron chi connectivity index (χ3n) is 5.53. The first-order chi connectivity index (χ1) is 14.4. The van der Waals surface area contributed by atoms with Crippen LogP contribution in [0.5, 0.6) is 0 Å². The van der Waals surface area contributed by atoms with Crippen LogP contribution in [0.3, 0.4) is 0 Å². The zero-order valence-corrected chi connectivity index (χ0v) is 19.7. The summed E-state index contributed by atoms with van der Waals surface area (Å²) in [6.07, 6.45) is 0.712. The van der Waals surface area contributed by atoms with Crippen LogP contribution in [0, 0.1) is 13.8 Å². The fraction of sp³-hybridized carbons (Fsp3) is 0.375. The molecule has 4 nitrogen and oxygen atoms in total. The monoisotopic (exact) mass is 439 g/mol. The number of hydrazone groups is 1. The summed E-state index contributed by atoms with van der Waals surface area (Å²) in [7, 11) is 0. The smallest absolute Gasteiger partial charge is 0.253 e. The van der Waals surface area contributed by atoms with Crippen molar-refractivity contribution in [3.05, 3.63) is 70.8 Å². The van der Waals surface area contributed by atoms with Crippen LogP contribution in [0.25, 0.3) is 0 Å². The number of benzene rings is 2. The number of carbonyl (C=O) groups is 1. The van der Waals surface area contributed by atoms with Crippen molar-refractivity contribution in [1.29, 1.82) is 0 Å². The first-order valence-corrected chi connectivity index (χ1v) is 11.8. The van der Waals surface area contributed by atoms with Crippen molar-refractivity contribution in [2.45, 2.75) is 40.2 Å². The largest absolute Gasteiger partial charge is 0.358 e. The second-order valence-electron chi connectivity index (χ2n) is 7.44. The number of thioether (sulfide) groups is 1. The van der Waals surface area contributed by atoms with Gasteiger partial charge in [0.15, 0.2) is 0 Å². The van der Waals surface area contributed by atoms with Gasteiger partial charge in [0.25, 0.3) is 5.91 Å². The average Bonchev–Trinajstić information content (AvgIpc) is 3.21. The quantitative estimate of drug-likeness (QED) is 0.569. The van der Waals surface area contributed by atoms with Gasteiger partial charge in [-0.3, -0.25) is 4.79 Å². The Morgan fingerprint density at radius 2 is 1.83 bits per heavy atom. The molecule has 1 aliphatic heterocycles. The van der Waals surface area contributed by atoms with Crippen molar-refractivity contribution in [1.82, 2.24) is 9.91 Å². The van der Waals surface area contributed by atoms with E-state index in [9.17, 15) is 4.79 Å². The molecule has 0 bridgehead atoms. The van der Waals surface area contributed by atoms with E-state index in [1.165, 1.54) is 22.9 Å². The standard InChI is InChI=1S/C24H29N3OS2/c1-5-26(6-2)24(29)30-16-23(28)27-22(19-10-8-7-9-11-19)15-21(25-27)20-13-12-17(3)18(4)14-20/h7-14,22H,5-6,15-16H2,1-4H3/t22-/m0/s1. The Morgan fingerprint density at radius 3 is 2.47 bits per heavy atom. The molecule has 158 valence electrons. The minimum absolute atomic E-state index is 0.0119. The molecule has 0 unspecified atom stereocenters. The summed E-state index contributed by atoms with van der Waals surface area (Å²) in [5, 5.41) is 6.44. The molecule has 3 rings (SSSR count). The Kier molecular flexibility index (Phi) is 7.67. The summed E-state index contributed by atoms with van der Waals surface area (Å²) in [4.78, 5) is 15.2. The Balaban J connectivity index is 1.83. The van der Waals surface area contributed by atoms with Crippen LogP contribution in [0.4, 0.5) is 0 Å². The van der Waals surface area contributed by atoms with Crippen molar-refractivity contribution in [2.75, 3.05) is 18.8 Å². The predicted molar refractivity (Wildman–Crippen MR) is 131 cm³/mol. The molecule has 6 heteroatoms. The first-order valence-electron chi connectivity index (χ1n) is 10.4. The zero-order chi connectivity index (χ0) is 21.7. The first kappa shape index (κ1) is 22.5. The maximum atomic E-state index is 13.2. The van der Waals surface area contributed by atoms with Gasteiger partial charge >= 0.3 is 0 Å². The molecule has 0 N–H and O–H groups in total. The van der Waals surface area contributed by atoms with E-state index < -0.39 is 0 Å². The number of carbonyl (C=O) groups excluding carboxylic acids is 1.